The van der Waals surface area contributed by atoms with Crippen LogP contribution >= 0.6 is 11.3 Å². The van der Waals surface area contributed by atoms with Gasteiger partial charge in [-0.05, 0) is 0 Å². The summed E-state index contributed by atoms with van der Waals surface area (Å²) in [6, 6.07) is 0. The Morgan fingerprint density at radius 2 is 2.71 bits per heavy atom. The third-order valence-corrected chi connectivity index (χ3v) is 1.28. The molecule has 0 aliphatic carbocycles. The quantitative estimate of drug-likeness (QED) is 0.455. The average Bonchev–Trinajstić information content (AvgIpc) is 2.14. The standard InChI is InChI=1S/C5H3NS/c1-2-5-3-6-4-7-5/h1,3-4H. The van der Waals surface area contributed by atoms with Gasteiger partial charge in [0.2, 0.25) is 0 Å². The van der Waals surface area contributed by atoms with Crippen molar-refractivity contribution >= 4 is 11.3 Å². The van der Waals surface area contributed by atoms with Crippen molar-refractivity contribution in [3.05, 3.63) is 16.6 Å². The number of aromatic nitrogens is 1. The molecule has 0 unspecified atom stereocenters. The lowest BCUT2D eigenvalue weighted by Gasteiger charge is -1.64. The minimum atomic E-state index is 0.889. The Morgan fingerprint density at radius 1 is 1.86 bits per heavy atom. The van der Waals surface area contributed by atoms with Crippen molar-refractivity contribution in [1.29, 1.82) is 0 Å². The third-order valence-electron chi connectivity index (χ3n) is 0.575. The van der Waals surface area contributed by atoms with Gasteiger partial charge in [0.1, 0.15) is 0 Å². The molecule has 1 heterocycles. The molecule has 0 spiro atoms. The lowest BCUT2D eigenvalue weighted by atomic mass is 10.6. The van der Waals surface area contributed by atoms with Gasteiger partial charge in [0.05, 0.1) is 16.6 Å². The van der Waals surface area contributed by atoms with E-state index >= 15 is 0 Å². The van der Waals surface area contributed by atoms with Gasteiger partial charge >= 0.3 is 0 Å². The third kappa shape index (κ3) is 0.787. The summed E-state index contributed by atoms with van der Waals surface area (Å²) in [6.07, 6.45) is 6.69. The molecule has 34 valence electrons. The molecule has 0 fully saturated rings. The minimum Gasteiger partial charge on any atom is -0.252 e. The van der Waals surface area contributed by atoms with Crippen molar-refractivity contribution in [3.8, 4) is 12.3 Å². The first kappa shape index (κ1) is 4.35. The number of hydrogen-bond acceptors (Lipinski definition) is 2. The molecular weight excluding hydrogens is 106 g/mol. The Balaban J connectivity index is 3.04. The smallest absolute Gasteiger partial charge is 0.0964 e. The zero-order valence-electron chi connectivity index (χ0n) is 3.59. The Hall–Kier alpha value is -0.810. The number of hydrogen-bond donors (Lipinski definition) is 0. The van der Waals surface area contributed by atoms with Crippen molar-refractivity contribution in [2.24, 2.45) is 0 Å². The maximum Gasteiger partial charge on any atom is 0.0964 e. The Labute approximate surface area is 46.0 Å². The predicted molar refractivity (Wildman–Crippen MR) is 30.0 cm³/mol. The van der Waals surface area contributed by atoms with Gasteiger partial charge in [-0.2, -0.15) is 0 Å². The summed E-state index contributed by atoms with van der Waals surface area (Å²) in [5.41, 5.74) is 1.72. The second-order valence-electron chi connectivity index (χ2n) is 1.01. The first-order valence-electron chi connectivity index (χ1n) is 1.78. The average molecular weight is 109 g/mol. The fraction of sp³-hybridized carbons (Fsp3) is 0. The van der Waals surface area contributed by atoms with Gasteiger partial charge in [0, 0.05) is 0 Å². The maximum absolute atomic E-state index is 5.01. The van der Waals surface area contributed by atoms with Gasteiger partial charge in [0.25, 0.3) is 0 Å². The van der Waals surface area contributed by atoms with E-state index in [0.29, 0.717) is 0 Å². The van der Waals surface area contributed by atoms with Crippen molar-refractivity contribution in [3.63, 3.8) is 0 Å². The summed E-state index contributed by atoms with van der Waals surface area (Å²) in [7, 11) is 0. The van der Waals surface area contributed by atoms with Crippen LogP contribution in [0.15, 0.2) is 11.7 Å². The van der Waals surface area contributed by atoms with E-state index in [0.717, 1.165) is 4.88 Å². The molecule has 0 aliphatic rings. The number of terminal acetylenes is 1. The van der Waals surface area contributed by atoms with Crippen LogP contribution in [0.2, 0.25) is 0 Å². The van der Waals surface area contributed by atoms with Gasteiger partial charge in [-0.25, -0.2) is 0 Å². The van der Waals surface area contributed by atoms with Gasteiger partial charge in [0.15, 0.2) is 0 Å². The van der Waals surface area contributed by atoms with E-state index in [1.807, 2.05) is 0 Å². The van der Waals surface area contributed by atoms with Crippen LogP contribution in [0.1, 0.15) is 4.88 Å². The molecule has 1 aromatic heterocycles. The molecule has 1 rings (SSSR count). The lowest BCUT2D eigenvalue weighted by molar-refractivity contribution is 1.42. The Bertz CT molecular complexity index is 170. The molecule has 7 heavy (non-hydrogen) atoms. The summed E-state index contributed by atoms with van der Waals surface area (Å²) in [5, 5.41) is 0. The molecule has 0 N–H and O–H groups in total. The van der Waals surface area contributed by atoms with Crippen LogP contribution in [0, 0.1) is 12.3 Å². The van der Waals surface area contributed by atoms with Crippen LogP contribution in [0.3, 0.4) is 0 Å². The molecule has 0 bridgehead atoms. The van der Waals surface area contributed by atoms with E-state index in [2.05, 4.69) is 10.9 Å². The van der Waals surface area contributed by atoms with Crippen molar-refractivity contribution < 1.29 is 0 Å². The van der Waals surface area contributed by atoms with E-state index in [9.17, 15) is 0 Å². The van der Waals surface area contributed by atoms with Crippen LogP contribution in [-0.2, 0) is 0 Å². The molecule has 0 amide bonds. The highest BCUT2D eigenvalue weighted by Gasteiger charge is 1.80. The summed E-state index contributed by atoms with van der Waals surface area (Å²) < 4.78 is 0. The molecule has 0 radical (unpaired) electrons. The maximum atomic E-state index is 5.01. The fourth-order valence-corrected chi connectivity index (χ4v) is 0.712. The topological polar surface area (TPSA) is 12.9 Å². The fourth-order valence-electron chi connectivity index (χ4n) is 0.287. The van der Waals surface area contributed by atoms with Crippen molar-refractivity contribution in [2.75, 3.05) is 0 Å². The first-order valence-corrected chi connectivity index (χ1v) is 2.66. The van der Waals surface area contributed by atoms with Crippen LogP contribution in [0.5, 0.6) is 0 Å². The largest absolute Gasteiger partial charge is 0.252 e. The Kier molecular flexibility index (Phi) is 1.10. The summed E-state index contributed by atoms with van der Waals surface area (Å²) in [4.78, 5) is 4.66. The molecular formula is C5H3NS. The van der Waals surface area contributed by atoms with E-state index in [1.54, 1.807) is 11.7 Å². The summed E-state index contributed by atoms with van der Waals surface area (Å²) >= 11 is 1.48. The Morgan fingerprint density at radius 3 is 3.00 bits per heavy atom. The van der Waals surface area contributed by atoms with Gasteiger partial charge < -0.3 is 0 Å². The van der Waals surface area contributed by atoms with E-state index in [4.69, 9.17) is 6.42 Å². The monoisotopic (exact) mass is 109 g/mol. The second-order valence-corrected chi connectivity index (χ2v) is 1.90. The highest BCUT2D eigenvalue weighted by molar-refractivity contribution is 7.10. The van der Waals surface area contributed by atoms with Crippen molar-refractivity contribution in [2.45, 2.75) is 0 Å². The molecule has 1 nitrogen and oxygen atoms in total. The summed E-state index contributed by atoms with van der Waals surface area (Å²) in [6.45, 7) is 0. The van der Waals surface area contributed by atoms with Crippen LogP contribution in [0.4, 0.5) is 0 Å². The molecule has 0 saturated carbocycles. The lowest BCUT2D eigenvalue weighted by Crippen LogP contribution is -1.53. The molecule has 1 aromatic rings. The molecule has 0 saturated heterocycles. The normalized spacial score (nSPS) is 7.86. The van der Waals surface area contributed by atoms with Gasteiger partial charge in [-0.3, -0.25) is 4.98 Å². The van der Waals surface area contributed by atoms with E-state index in [-0.39, 0.29) is 0 Å². The zero-order chi connectivity index (χ0) is 5.11. The molecule has 0 aliphatic heterocycles. The first-order chi connectivity index (χ1) is 3.43. The van der Waals surface area contributed by atoms with Crippen LogP contribution in [0.25, 0.3) is 0 Å². The SMILES string of the molecule is C#Cc1cncs1. The van der Waals surface area contributed by atoms with Crippen LogP contribution < -0.4 is 0 Å². The van der Waals surface area contributed by atoms with Crippen LogP contribution in [-0.4, -0.2) is 4.98 Å². The molecule has 0 atom stereocenters. The highest BCUT2D eigenvalue weighted by Crippen LogP contribution is 2.00. The number of thiazole rings is 1. The zero-order valence-corrected chi connectivity index (χ0v) is 4.40. The predicted octanol–water partition coefficient (Wildman–Crippen LogP) is 1.12. The molecule has 2 heteroatoms. The summed E-state index contributed by atoms with van der Waals surface area (Å²) in [5.74, 6) is 2.46. The van der Waals surface area contributed by atoms with Crippen molar-refractivity contribution in [1.82, 2.24) is 4.98 Å². The second kappa shape index (κ2) is 1.76. The highest BCUT2D eigenvalue weighted by atomic mass is 32.1. The van der Waals surface area contributed by atoms with E-state index < -0.39 is 0 Å². The molecule has 0 aromatic carbocycles. The number of nitrogens with zero attached hydrogens (tertiary/aromatic N) is 1. The minimum absolute atomic E-state index is 0.889. The van der Waals surface area contributed by atoms with E-state index in [1.165, 1.54) is 11.3 Å². The van der Waals surface area contributed by atoms with Gasteiger partial charge in [-0.1, -0.05) is 5.92 Å². The number of rotatable bonds is 0. The van der Waals surface area contributed by atoms with Gasteiger partial charge in [-0.15, -0.1) is 17.8 Å².